The molecule has 2 aromatic carbocycles. The largest absolute Gasteiger partial charge is 0.370 e. The highest BCUT2D eigenvalue weighted by molar-refractivity contribution is 6.14. The van der Waals surface area contributed by atoms with Gasteiger partial charge in [-0.1, -0.05) is 54.6 Å². The Morgan fingerprint density at radius 3 is 2.65 bits per heavy atom. The number of fused-ring (bicyclic) bond motifs is 1. The number of amidine groups is 1. The molecule has 0 radical (unpaired) electrons. The van der Waals surface area contributed by atoms with Crippen molar-refractivity contribution in [2.24, 2.45) is 10.9 Å². The summed E-state index contributed by atoms with van der Waals surface area (Å²) in [6.45, 7) is 4.46. The minimum atomic E-state index is 0.109. The van der Waals surface area contributed by atoms with Crippen LogP contribution in [-0.2, 0) is 6.54 Å². The molecule has 0 spiro atoms. The summed E-state index contributed by atoms with van der Waals surface area (Å²) in [7, 11) is 0. The summed E-state index contributed by atoms with van der Waals surface area (Å²) in [6, 6.07) is 18.5. The number of hydrogen-bond donors (Lipinski definition) is 1. The van der Waals surface area contributed by atoms with E-state index >= 15 is 0 Å². The number of carbonyl (C=O) groups excluding carboxylic acids is 1. The van der Waals surface area contributed by atoms with Gasteiger partial charge in [0.1, 0.15) is 12.4 Å². The molecule has 1 atom stereocenters. The zero-order chi connectivity index (χ0) is 17.8. The Morgan fingerprint density at radius 2 is 1.81 bits per heavy atom. The van der Waals surface area contributed by atoms with Crippen LogP contribution in [0.25, 0.3) is 0 Å². The third-order valence-corrected chi connectivity index (χ3v) is 5.27. The fourth-order valence-corrected chi connectivity index (χ4v) is 3.95. The van der Waals surface area contributed by atoms with E-state index in [4.69, 9.17) is 0 Å². The lowest BCUT2D eigenvalue weighted by Gasteiger charge is -2.33. The predicted molar refractivity (Wildman–Crippen MR) is 105 cm³/mol. The average molecular weight is 347 g/mol. The molecular formula is C22H25N3O. The number of nitrogens with zero attached hydrogens (tertiary/aromatic N) is 2. The molecule has 2 heterocycles. The molecule has 0 amide bonds. The lowest BCUT2D eigenvalue weighted by Crippen LogP contribution is -2.41. The quantitative estimate of drug-likeness (QED) is 0.924. The van der Waals surface area contributed by atoms with E-state index in [1.165, 1.54) is 24.9 Å². The molecule has 1 fully saturated rings. The maximum absolute atomic E-state index is 12.0. The van der Waals surface area contributed by atoms with Gasteiger partial charge in [-0.3, -0.25) is 14.7 Å². The standard InChI is InChI=1S/C22H25N3O/c26-21-14-24-22(20-11-5-4-10-19(20)21)23-13-18-9-6-12-25(16-18)15-17-7-2-1-3-8-17/h1-5,7-8,10-11,18H,6,9,12-16H2,(H,23,24). The number of rotatable bonds is 4. The molecule has 134 valence electrons. The van der Waals surface area contributed by atoms with Crippen molar-refractivity contribution in [3.05, 3.63) is 71.3 Å². The van der Waals surface area contributed by atoms with E-state index in [9.17, 15) is 4.79 Å². The molecule has 26 heavy (non-hydrogen) atoms. The summed E-state index contributed by atoms with van der Waals surface area (Å²) in [4.78, 5) is 19.0. The molecule has 4 nitrogen and oxygen atoms in total. The summed E-state index contributed by atoms with van der Waals surface area (Å²) in [6.07, 6.45) is 2.48. The number of aliphatic imine (C=N–C) groups is 1. The number of hydrogen-bond acceptors (Lipinski definition) is 4. The second-order valence-electron chi connectivity index (χ2n) is 7.24. The first-order chi connectivity index (χ1) is 12.8. The summed E-state index contributed by atoms with van der Waals surface area (Å²) in [5, 5.41) is 3.52. The molecule has 0 saturated carbocycles. The van der Waals surface area contributed by atoms with E-state index in [2.05, 4.69) is 45.5 Å². The van der Waals surface area contributed by atoms with Gasteiger partial charge < -0.3 is 5.32 Å². The monoisotopic (exact) mass is 347 g/mol. The molecule has 2 aliphatic rings. The Morgan fingerprint density at radius 1 is 1.04 bits per heavy atom. The van der Waals surface area contributed by atoms with Crippen LogP contribution >= 0.6 is 0 Å². The lowest BCUT2D eigenvalue weighted by molar-refractivity contribution is 0.1000. The molecule has 0 aliphatic carbocycles. The topological polar surface area (TPSA) is 44.7 Å². The van der Waals surface area contributed by atoms with Gasteiger partial charge in [-0.2, -0.15) is 0 Å². The molecule has 4 heteroatoms. The van der Waals surface area contributed by atoms with E-state index in [1.807, 2.05) is 24.3 Å². The molecule has 4 rings (SSSR count). The third kappa shape index (κ3) is 3.86. The highest BCUT2D eigenvalue weighted by Gasteiger charge is 2.23. The summed E-state index contributed by atoms with van der Waals surface area (Å²) in [5.41, 5.74) is 3.12. The van der Waals surface area contributed by atoms with Crippen LogP contribution in [0.5, 0.6) is 0 Å². The van der Waals surface area contributed by atoms with Gasteiger partial charge in [0.05, 0.1) is 0 Å². The van der Waals surface area contributed by atoms with Crippen molar-refractivity contribution < 1.29 is 4.79 Å². The highest BCUT2D eigenvalue weighted by Crippen LogP contribution is 2.19. The van der Waals surface area contributed by atoms with E-state index in [0.717, 1.165) is 36.6 Å². The molecule has 0 bridgehead atoms. The van der Waals surface area contributed by atoms with Crippen LogP contribution in [0.15, 0.2) is 59.6 Å². The number of Topliss-reactive ketones (excluding diaryl/α,β-unsaturated/α-hetero) is 1. The molecular weight excluding hydrogens is 322 g/mol. The molecule has 0 aromatic heterocycles. The average Bonchev–Trinajstić information content (AvgIpc) is 2.69. The molecule has 2 aliphatic heterocycles. The fraction of sp³-hybridized carbons (Fsp3) is 0.364. The van der Waals surface area contributed by atoms with Gasteiger partial charge in [-0.25, -0.2) is 0 Å². The predicted octanol–water partition coefficient (Wildman–Crippen LogP) is 3.13. The summed E-state index contributed by atoms with van der Waals surface area (Å²) < 4.78 is 0. The maximum Gasteiger partial charge on any atom is 0.185 e. The number of piperidine rings is 1. The first-order valence-corrected chi connectivity index (χ1v) is 9.47. The van der Waals surface area contributed by atoms with Gasteiger partial charge in [0.25, 0.3) is 0 Å². The smallest absolute Gasteiger partial charge is 0.185 e. The maximum atomic E-state index is 12.0. The van der Waals surface area contributed by atoms with E-state index in [0.29, 0.717) is 5.92 Å². The second kappa shape index (κ2) is 7.83. The molecule has 1 unspecified atom stereocenters. The van der Waals surface area contributed by atoms with Gasteiger partial charge in [0.15, 0.2) is 5.78 Å². The van der Waals surface area contributed by atoms with Crippen molar-refractivity contribution in [1.29, 1.82) is 0 Å². The molecule has 1 N–H and O–H groups in total. The van der Waals surface area contributed by atoms with Crippen LogP contribution in [-0.4, -0.2) is 42.7 Å². The van der Waals surface area contributed by atoms with E-state index in [1.54, 1.807) is 0 Å². The van der Waals surface area contributed by atoms with Gasteiger partial charge >= 0.3 is 0 Å². The van der Waals surface area contributed by atoms with Gasteiger partial charge in [-0.05, 0) is 30.9 Å². The number of likely N-dealkylation sites (tertiary alicyclic amines) is 1. The van der Waals surface area contributed by atoms with Crippen molar-refractivity contribution in [3.63, 3.8) is 0 Å². The van der Waals surface area contributed by atoms with Crippen LogP contribution in [0.1, 0.15) is 34.3 Å². The number of ketones is 1. The molecule has 2 aromatic rings. The lowest BCUT2D eigenvalue weighted by atomic mass is 9.96. The SMILES string of the molecule is O=C1CN=C(NCC2CCCN(Cc3ccccc3)C2)c2ccccc21. The van der Waals surface area contributed by atoms with Crippen molar-refractivity contribution in [1.82, 2.24) is 10.2 Å². The Labute approximate surface area is 154 Å². The van der Waals surface area contributed by atoms with E-state index < -0.39 is 0 Å². The Bertz CT molecular complexity index is 800. The minimum absolute atomic E-state index is 0.109. The third-order valence-electron chi connectivity index (χ3n) is 5.27. The summed E-state index contributed by atoms with van der Waals surface area (Å²) in [5.74, 6) is 1.60. The normalized spacial score (nSPS) is 20.4. The van der Waals surface area contributed by atoms with Crippen LogP contribution in [0.2, 0.25) is 0 Å². The van der Waals surface area contributed by atoms with Gasteiger partial charge in [0, 0.05) is 30.8 Å². The van der Waals surface area contributed by atoms with Crippen LogP contribution < -0.4 is 5.32 Å². The van der Waals surface area contributed by atoms with Crippen LogP contribution in [0.4, 0.5) is 0 Å². The van der Waals surface area contributed by atoms with Gasteiger partial charge in [0.2, 0.25) is 0 Å². The second-order valence-corrected chi connectivity index (χ2v) is 7.24. The van der Waals surface area contributed by atoms with Crippen molar-refractivity contribution in [2.75, 3.05) is 26.2 Å². The van der Waals surface area contributed by atoms with Crippen molar-refractivity contribution in [2.45, 2.75) is 19.4 Å². The van der Waals surface area contributed by atoms with Crippen molar-refractivity contribution in [3.8, 4) is 0 Å². The summed E-state index contributed by atoms with van der Waals surface area (Å²) >= 11 is 0. The van der Waals surface area contributed by atoms with Crippen LogP contribution in [0.3, 0.4) is 0 Å². The zero-order valence-corrected chi connectivity index (χ0v) is 15.0. The first kappa shape index (κ1) is 17.0. The zero-order valence-electron chi connectivity index (χ0n) is 15.0. The van der Waals surface area contributed by atoms with Crippen molar-refractivity contribution >= 4 is 11.6 Å². The first-order valence-electron chi connectivity index (χ1n) is 9.47. The Balaban J connectivity index is 1.35. The number of nitrogens with one attached hydrogen (secondary N) is 1. The number of benzene rings is 2. The van der Waals surface area contributed by atoms with Crippen LogP contribution in [0, 0.1) is 5.92 Å². The Kier molecular flexibility index (Phi) is 5.12. The molecule has 1 saturated heterocycles. The highest BCUT2D eigenvalue weighted by atomic mass is 16.1. The number of carbonyl (C=O) groups is 1. The minimum Gasteiger partial charge on any atom is -0.370 e. The van der Waals surface area contributed by atoms with Gasteiger partial charge in [-0.15, -0.1) is 0 Å². The van der Waals surface area contributed by atoms with E-state index in [-0.39, 0.29) is 12.3 Å². The Hall–Kier alpha value is -2.46. The fourth-order valence-electron chi connectivity index (χ4n) is 3.95.